The van der Waals surface area contributed by atoms with Gasteiger partial charge in [-0.3, -0.25) is 0 Å². The predicted molar refractivity (Wildman–Crippen MR) is 112 cm³/mol. The molecular weight excluding hydrogens is 378 g/mol. The Hall–Kier alpha value is -2.09. The minimum Gasteiger partial charge on any atom is -0.493 e. The highest BCUT2D eigenvalue weighted by Crippen LogP contribution is 2.27. The third kappa shape index (κ3) is 8.43. The number of ether oxygens (including phenoxy) is 2. The number of hydrogen-bond donors (Lipinski definition) is 2. The molecule has 1 aromatic carbocycles. The molecule has 1 aliphatic heterocycles. The molecule has 2 N–H and O–H groups in total. The maximum atomic E-state index is 12.8. The average molecular weight is 413 g/mol. The minimum atomic E-state index is -2.89. The highest BCUT2D eigenvalue weighted by molar-refractivity contribution is 5.79. The molecule has 0 radical (unpaired) electrons. The standard InChI is InChI=1S/C21H34F2N4O2/c1-4-11-28-18-9-8-17(19(12-18)29-20(22)23)14-26-21(24-5-2)25-13-16-7-6-10-27(3)15-16/h8-9,12,16,20H,4-7,10-11,13-15H2,1-3H3,(H2,24,25,26). The Kier molecular flexibility index (Phi) is 9.97. The van der Waals surface area contributed by atoms with Gasteiger partial charge in [0.2, 0.25) is 0 Å². The van der Waals surface area contributed by atoms with Crippen LogP contribution in [0.5, 0.6) is 11.5 Å². The minimum absolute atomic E-state index is 0.0992. The first-order valence-electron chi connectivity index (χ1n) is 10.4. The molecule has 0 aliphatic carbocycles. The van der Waals surface area contributed by atoms with Crippen LogP contribution in [0, 0.1) is 5.92 Å². The van der Waals surface area contributed by atoms with Crippen LogP contribution < -0.4 is 20.1 Å². The zero-order chi connectivity index (χ0) is 21.1. The third-order valence-electron chi connectivity index (χ3n) is 4.76. The van der Waals surface area contributed by atoms with E-state index < -0.39 is 6.61 Å². The van der Waals surface area contributed by atoms with Crippen LogP contribution in [0.15, 0.2) is 23.2 Å². The maximum Gasteiger partial charge on any atom is 0.387 e. The summed E-state index contributed by atoms with van der Waals surface area (Å²) in [7, 11) is 2.14. The van der Waals surface area contributed by atoms with Crippen molar-refractivity contribution in [2.45, 2.75) is 46.3 Å². The first kappa shape index (κ1) is 23.2. The van der Waals surface area contributed by atoms with E-state index in [1.165, 1.54) is 18.9 Å². The van der Waals surface area contributed by atoms with Crippen molar-refractivity contribution in [1.29, 1.82) is 0 Å². The Labute approximate surface area is 172 Å². The average Bonchev–Trinajstić information content (AvgIpc) is 2.69. The van der Waals surface area contributed by atoms with Gasteiger partial charge < -0.3 is 25.0 Å². The zero-order valence-corrected chi connectivity index (χ0v) is 17.7. The van der Waals surface area contributed by atoms with E-state index in [0.717, 1.165) is 32.6 Å². The fraction of sp³-hybridized carbons (Fsp3) is 0.667. The van der Waals surface area contributed by atoms with Crippen molar-refractivity contribution >= 4 is 5.96 Å². The Morgan fingerprint density at radius 3 is 2.83 bits per heavy atom. The fourth-order valence-electron chi connectivity index (χ4n) is 3.37. The number of aliphatic imine (C=N–C) groups is 1. The Balaban J connectivity index is 2.03. The van der Waals surface area contributed by atoms with Crippen LogP contribution in [0.25, 0.3) is 0 Å². The second-order valence-corrected chi connectivity index (χ2v) is 7.34. The van der Waals surface area contributed by atoms with E-state index in [9.17, 15) is 8.78 Å². The number of guanidine groups is 1. The number of nitrogens with one attached hydrogen (secondary N) is 2. The molecule has 0 bridgehead atoms. The van der Waals surface area contributed by atoms with Crippen LogP contribution in [0.4, 0.5) is 8.78 Å². The lowest BCUT2D eigenvalue weighted by atomic mass is 9.99. The zero-order valence-electron chi connectivity index (χ0n) is 17.7. The molecule has 0 saturated carbocycles. The molecule has 1 unspecified atom stereocenters. The summed E-state index contributed by atoms with van der Waals surface area (Å²) >= 11 is 0. The topological polar surface area (TPSA) is 58.1 Å². The number of likely N-dealkylation sites (tertiary alicyclic amines) is 1. The molecule has 6 nitrogen and oxygen atoms in total. The summed E-state index contributed by atoms with van der Waals surface area (Å²) in [6.45, 7) is 5.62. The molecule has 1 atom stereocenters. The summed E-state index contributed by atoms with van der Waals surface area (Å²) in [6, 6.07) is 4.99. The van der Waals surface area contributed by atoms with Gasteiger partial charge in [-0.2, -0.15) is 8.78 Å². The van der Waals surface area contributed by atoms with Gasteiger partial charge in [-0.05, 0) is 57.8 Å². The molecule has 2 rings (SSSR count). The Morgan fingerprint density at radius 1 is 1.31 bits per heavy atom. The predicted octanol–water partition coefficient (Wildman–Crippen LogP) is 3.47. The van der Waals surface area contributed by atoms with Gasteiger partial charge in [0.05, 0.1) is 13.2 Å². The van der Waals surface area contributed by atoms with Crippen molar-refractivity contribution in [3.05, 3.63) is 23.8 Å². The summed E-state index contributed by atoms with van der Waals surface area (Å²) in [5.41, 5.74) is 0.587. The van der Waals surface area contributed by atoms with Gasteiger partial charge in [0.15, 0.2) is 5.96 Å². The van der Waals surface area contributed by atoms with E-state index in [-0.39, 0.29) is 12.3 Å². The van der Waals surface area contributed by atoms with Crippen LogP contribution in [0.3, 0.4) is 0 Å². The number of hydrogen-bond acceptors (Lipinski definition) is 4. The lowest BCUT2D eigenvalue weighted by Gasteiger charge is -2.30. The highest BCUT2D eigenvalue weighted by Gasteiger charge is 2.17. The molecule has 164 valence electrons. The van der Waals surface area contributed by atoms with Crippen molar-refractivity contribution in [3.8, 4) is 11.5 Å². The fourth-order valence-corrected chi connectivity index (χ4v) is 3.37. The van der Waals surface area contributed by atoms with Crippen LogP contribution in [-0.2, 0) is 6.54 Å². The Bertz CT molecular complexity index is 643. The molecule has 0 spiro atoms. The molecule has 0 amide bonds. The van der Waals surface area contributed by atoms with Crippen molar-refractivity contribution in [2.75, 3.05) is 39.8 Å². The van der Waals surface area contributed by atoms with Gasteiger partial charge >= 0.3 is 6.61 Å². The van der Waals surface area contributed by atoms with Crippen molar-refractivity contribution in [1.82, 2.24) is 15.5 Å². The molecule has 1 aromatic rings. The molecule has 8 heteroatoms. The normalized spacial score (nSPS) is 18.0. The number of nitrogens with zero attached hydrogens (tertiary/aromatic N) is 2. The summed E-state index contributed by atoms with van der Waals surface area (Å²) in [4.78, 5) is 6.91. The number of rotatable bonds is 10. The van der Waals surface area contributed by atoms with Gasteiger partial charge in [0.25, 0.3) is 0 Å². The monoisotopic (exact) mass is 412 g/mol. The first-order valence-corrected chi connectivity index (χ1v) is 10.4. The molecule has 1 aliphatic rings. The van der Waals surface area contributed by atoms with E-state index in [4.69, 9.17) is 9.47 Å². The first-order chi connectivity index (χ1) is 14.0. The quantitative estimate of drug-likeness (QED) is 0.455. The van der Waals surface area contributed by atoms with E-state index in [2.05, 4.69) is 27.6 Å². The molecular formula is C21H34F2N4O2. The third-order valence-corrected chi connectivity index (χ3v) is 4.76. The number of benzene rings is 1. The van der Waals surface area contributed by atoms with Crippen LogP contribution in [0.2, 0.25) is 0 Å². The van der Waals surface area contributed by atoms with Gasteiger partial charge in [0.1, 0.15) is 11.5 Å². The second-order valence-electron chi connectivity index (χ2n) is 7.34. The summed E-state index contributed by atoms with van der Waals surface area (Å²) in [5, 5.41) is 6.59. The molecule has 1 fully saturated rings. The van der Waals surface area contributed by atoms with Crippen LogP contribution >= 0.6 is 0 Å². The van der Waals surface area contributed by atoms with Crippen LogP contribution in [-0.4, -0.2) is 57.3 Å². The van der Waals surface area contributed by atoms with Gasteiger partial charge in [-0.15, -0.1) is 0 Å². The Morgan fingerprint density at radius 2 is 2.14 bits per heavy atom. The summed E-state index contributed by atoms with van der Waals surface area (Å²) in [5.74, 6) is 1.86. The maximum absolute atomic E-state index is 12.8. The molecule has 1 saturated heterocycles. The van der Waals surface area contributed by atoms with Gasteiger partial charge in [0, 0.05) is 31.3 Å². The summed E-state index contributed by atoms with van der Waals surface area (Å²) < 4.78 is 35.9. The van der Waals surface area contributed by atoms with E-state index in [1.807, 2.05) is 13.8 Å². The summed E-state index contributed by atoms with van der Waals surface area (Å²) in [6.07, 6.45) is 3.24. The smallest absolute Gasteiger partial charge is 0.387 e. The lowest BCUT2D eigenvalue weighted by molar-refractivity contribution is -0.0505. The number of alkyl halides is 2. The molecule has 1 heterocycles. The highest BCUT2D eigenvalue weighted by atomic mass is 19.3. The van der Waals surface area contributed by atoms with Crippen LogP contribution in [0.1, 0.15) is 38.7 Å². The van der Waals surface area contributed by atoms with Gasteiger partial charge in [-0.1, -0.05) is 6.92 Å². The van der Waals surface area contributed by atoms with Crippen molar-refractivity contribution < 1.29 is 18.3 Å². The van der Waals surface area contributed by atoms with Crippen molar-refractivity contribution in [2.24, 2.45) is 10.9 Å². The SMILES string of the molecule is CCCOc1ccc(CN=C(NCC)NCC2CCCN(C)C2)c(OC(F)F)c1. The number of piperidine rings is 1. The van der Waals surface area contributed by atoms with Crippen molar-refractivity contribution in [3.63, 3.8) is 0 Å². The second kappa shape index (κ2) is 12.5. The van der Waals surface area contributed by atoms with Gasteiger partial charge in [-0.25, -0.2) is 4.99 Å². The van der Waals surface area contributed by atoms with E-state index in [0.29, 0.717) is 29.8 Å². The van der Waals surface area contributed by atoms with E-state index >= 15 is 0 Å². The largest absolute Gasteiger partial charge is 0.493 e. The van der Waals surface area contributed by atoms with E-state index in [1.54, 1.807) is 12.1 Å². The number of halogens is 2. The lowest BCUT2D eigenvalue weighted by Crippen LogP contribution is -2.43. The molecule has 0 aromatic heterocycles. The molecule has 29 heavy (non-hydrogen) atoms.